The van der Waals surface area contributed by atoms with Gasteiger partial charge in [-0.2, -0.15) is 8.78 Å². The summed E-state index contributed by atoms with van der Waals surface area (Å²) in [5, 5.41) is 2.84. The Morgan fingerprint density at radius 3 is 2.29 bits per heavy atom. The van der Waals surface area contributed by atoms with Crippen LogP contribution in [0.3, 0.4) is 0 Å². The molecule has 0 aliphatic rings. The quantitative estimate of drug-likeness (QED) is 0.592. The molecule has 0 saturated heterocycles. The van der Waals surface area contributed by atoms with E-state index in [9.17, 15) is 13.6 Å². The van der Waals surface area contributed by atoms with E-state index in [1.807, 2.05) is 30.3 Å². The van der Waals surface area contributed by atoms with E-state index in [1.165, 1.54) is 12.1 Å². The summed E-state index contributed by atoms with van der Waals surface area (Å²) in [5.74, 6) is 1.17. The molecule has 0 heterocycles. The number of amides is 1. The predicted molar refractivity (Wildman–Crippen MR) is 102 cm³/mol. The van der Waals surface area contributed by atoms with Crippen molar-refractivity contribution in [2.24, 2.45) is 0 Å². The molecule has 0 aliphatic carbocycles. The Bertz CT molecular complexity index is 899. The maximum absolute atomic E-state index is 12.3. The van der Waals surface area contributed by atoms with Gasteiger partial charge in [-0.1, -0.05) is 36.4 Å². The summed E-state index contributed by atoms with van der Waals surface area (Å²) in [5.41, 5.74) is 1.40. The number of carbonyl (C=O) groups is 1. The summed E-state index contributed by atoms with van der Waals surface area (Å²) in [6, 6.07) is 22.6. The SMILES string of the molecule is O=C(NCCc1ccc(OC(F)F)cc1)c1cccc(Oc2ccccc2)c1. The summed E-state index contributed by atoms with van der Waals surface area (Å²) < 4.78 is 34.3. The molecule has 0 bridgehead atoms. The number of ether oxygens (including phenoxy) is 2. The fourth-order valence-corrected chi connectivity index (χ4v) is 2.59. The molecule has 0 unspecified atom stereocenters. The first-order valence-electron chi connectivity index (χ1n) is 8.75. The van der Waals surface area contributed by atoms with Crippen LogP contribution in [0.1, 0.15) is 15.9 Å². The van der Waals surface area contributed by atoms with Gasteiger partial charge in [0.25, 0.3) is 5.91 Å². The number of rotatable bonds is 8. The van der Waals surface area contributed by atoms with Gasteiger partial charge in [0.2, 0.25) is 0 Å². The molecule has 144 valence electrons. The fourth-order valence-electron chi connectivity index (χ4n) is 2.59. The van der Waals surface area contributed by atoms with E-state index < -0.39 is 6.61 Å². The van der Waals surface area contributed by atoms with Gasteiger partial charge in [-0.05, 0) is 54.4 Å². The summed E-state index contributed by atoms with van der Waals surface area (Å²) in [4.78, 5) is 12.3. The maximum atomic E-state index is 12.3. The minimum atomic E-state index is -2.84. The number of carbonyl (C=O) groups excluding carboxylic acids is 1. The second kappa shape index (κ2) is 9.50. The molecule has 0 aromatic heterocycles. The molecule has 0 radical (unpaired) electrons. The van der Waals surface area contributed by atoms with Gasteiger partial charge < -0.3 is 14.8 Å². The second-order valence-corrected chi connectivity index (χ2v) is 5.97. The van der Waals surface area contributed by atoms with E-state index >= 15 is 0 Å². The number of halogens is 2. The van der Waals surface area contributed by atoms with Crippen LogP contribution < -0.4 is 14.8 Å². The summed E-state index contributed by atoms with van der Waals surface area (Å²) in [6.45, 7) is -2.43. The van der Waals surface area contributed by atoms with Crippen LogP contribution in [0, 0.1) is 0 Å². The Labute approximate surface area is 161 Å². The first-order valence-corrected chi connectivity index (χ1v) is 8.75. The average Bonchev–Trinajstić information content (AvgIpc) is 2.70. The zero-order valence-electron chi connectivity index (χ0n) is 15.0. The number of benzene rings is 3. The molecule has 0 fully saturated rings. The minimum absolute atomic E-state index is 0.109. The van der Waals surface area contributed by atoms with E-state index in [0.717, 1.165) is 5.56 Å². The molecule has 0 saturated carbocycles. The van der Waals surface area contributed by atoms with Crippen LogP contribution in [0.2, 0.25) is 0 Å². The van der Waals surface area contributed by atoms with Crippen molar-refractivity contribution in [2.45, 2.75) is 13.0 Å². The molecule has 3 aromatic rings. The molecule has 3 rings (SSSR count). The van der Waals surface area contributed by atoms with E-state index in [2.05, 4.69) is 10.1 Å². The van der Waals surface area contributed by atoms with E-state index in [4.69, 9.17) is 4.74 Å². The molecule has 6 heteroatoms. The van der Waals surface area contributed by atoms with Gasteiger partial charge in [0.1, 0.15) is 17.2 Å². The smallest absolute Gasteiger partial charge is 0.387 e. The average molecular weight is 383 g/mol. The molecule has 3 aromatic carbocycles. The van der Waals surface area contributed by atoms with E-state index in [0.29, 0.717) is 30.0 Å². The summed E-state index contributed by atoms with van der Waals surface area (Å²) >= 11 is 0. The summed E-state index contributed by atoms with van der Waals surface area (Å²) in [7, 11) is 0. The Hall–Kier alpha value is -3.41. The third kappa shape index (κ3) is 5.81. The van der Waals surface area contributed by atoms with Crippen LogP contribution in [-0.2, 0) is 6.42 Å². The van der Waals surface area contributed by atoms with Crippen molar-refractivity contribution in [1.29, 1.82) is 0 Å². The standard InChI is InChI=1S/C22H19F2NO3/c23-22(24)28-19-11-9-16(10-12-19)13-14-25-21(26)17-5-4-8-20(15-17)27-18-6-2-1-3-7-18/h1-12,15,22H,13-14H2,(H,25,26). The highest BCUT2D eigenvalue weighted by Gasteiger charge is 2.08. The number of hydrogen-bond donors (Lipinski definition) is 1. The van der Waals surface area contributed by atoms with Crippen molar-refractivity contribution in [3.05, 3.63) is 90.0 Å². The molecule has 1 N–H and O–H groups in total. The third-order valence-electron chi connectivity index (χ3n) is 3.92. The highest BCUT2D eigenvalue weighted by Crippen LogP contribution is 2.21. The molecule has 28 heavy (non-hydrogen) atoms. The number of nitrogens with one attached hydrogen (secondary N) is 1. The predicted octanol–water partition coefficient (Wildman–Crippen LogP) is 5.05. The summed E-state index contributed by atoms with van der Waals surface area (Å²) in [6.07, 6.45) is 0.570. The van der Waals surface area contributed by atoms with Crippen LogP contribution in [0.25, 0.3) is 0 Å². The van der Waals surface area contributed by atoms with Crippen molar-refractivity contribution < 1.29 is 23.0 Å². The zero-order valence-corrected chi connectivity index (χ0v) is 15.0. The molecule has 1 amide bonds. The van der Waals surface area contributed by atoms with Gasteiger partial charge in [0, 0.05) is 12.1 Å². The fraction of sp³-hybridized carbons (Fsp3) is 0.136. The Kier molecular flexibility index (Phi) is 6.57. The molecule has 0 aliphatic heterocycles. The van der Waals surface area contributed by atoms with Gasteiger partial charge in [-0.3, -0.25) is 4.79 Å². The number of alkyl halides is 2. The molecule has 0 atom stereocenters. The monoisotopic (exact) mass is 383 g/mol. The van der Waals surface area contributed by atoms with E-state index in [-0.39, 0.29) is 11.7 Å². The topological polar surface area (TPSA) is 47.6 Å². The molecular formula is C22H19F2NO3. The van der Waals surface area contributed by atoms with Gasteiger partial charge in [0.15, 0.2) is 0 Å². The number of hydrogen-bond acceptors (Lipinski definition) is 3. The van der Waals surface area contributed by atoms with Gasteiger partial charge >= 0.3 is 6.61 Å². The first kappa shape index (κ1) is 19.4. The third-order valence-corrected chi connectivity index (χ3v) is 3.92. The van der Waals surface area contributed by atoms with Crippen LogP contribution in [0.4, 0.5) is 8.78 Å². The highest BCUT2D eigenvalue weighted by molar-refractivity contribution is 5.94. The highest BCUT2D eigenvalue weighted by atomic mass is 19.3. The lowest BCUT2D eigenvalue weighted by atomic mass is 10.1. The number of para-hydroxylation sites is 1. The van der Waals surface area contributed by atoms with Crippen LogP contribution in [0.15, 0.2) is 78.9 Å². The first-order chi connectivity index (χ1) is 13.6. The van der Waals surface area contributed by atoms with Crippen molar-refractivity contribution in [1.82, 2.24) is 5.32 Å². The maximum Gasteiger partial charge on any atom is 0.387 e. The van der Waals surface area contributed by atoms with Crippen LogP contribution in [0.5, 0.6) is 17.2 Å². The van der Waals surface area contributed by atoms with Gasteiger partial charge in [-0.25, -0.2) is 0 Å². The Morgan fingerprint density at radius 1 is 0.857 bits per heavy atom. The van der Waals surface area contributed by atoms with Crippen molar-refractivity contribution in [3.8, 4) is 17.2 Å². The van der Waals surface area contributed by atoms with Gasteiger partial charge in [-0.15, -0.1) is 0 Å². The van der Waals surface area contributed by atoms with Crippen LogP contribution in [-0.4, -0.2) is 19.1 Å². The van der Waals surface area contributed by atoms with Crippen molar-refractivity contribution in [3.63, 3.8) is 0 Å². The largest absolute Gasteiger partial charge is 0.457 e. The lowest BCUT2D eigenvalue weighted by Crippen LogP contribution is -2.25. The Morgan fingerprint density at radius 2 is 1.57 bits per heavy atom. The second-order valence-electron chi connectivity index (χ2n) is 5.97. The minimum Gasteiger partial charge on any atom is -0.457 e. The molecule has 0 spiro atoms. The van der Waals surface area contributed by atoms with Crippen molar-refractivity contribution in [2.75, 3.05) is 6.54 Å². The lowest BCUT2D eigenvalue weighted by molar-refractivity contribution is -0.0498. The Balaban J connectivity index is 1.51. The van der Waals surface area contributed by atoms with Gasteiger partial charge in [0.05, 0.1) is 0 Å². The normalized spacial score (nSPS) is 10.5. The molecular weight excluding hydrogens is 364 g/mol. The van der Waals surface area contributed by atoms with E-state index in [1.54, 1.807) is 36.4 Å². The van der Waals surface area contributed by atoms with Crippen molar-refractivity contribution >= 4 is 5.91 Å². The lowest BCUT2D eigenvalue weighted by Gasteiger charge is -2.09. The zero-order chi connectivity index (χ0) is 19.8. The molecule has 4 nitrogen and oxygen atoms in total. The van der Waals surface area contributed by atoms with Crippen LogP contribution >= 0.6 is 0 Å².